The number of hydrogen-bond donors (Lipinski definition) is 1. The van der Waals surface area contributed by atoms with E-state index in [0.29, 0.717) is 31.9 Å². The van der Waals surface area contributed by atoms with Gasteiger partial charge in [-0.2, -0.15) is 0 Å². The highest BCUT2D eigenvalue weighted by atomic mass is 16.5. The van der Waals surface area contributed by atoms with Crippen molar-refractivity contribution in [3.8, 4) is 5.75 Å². The zero-order valence-corrected chi connectivity index (χ0v) is 24.8. The van der Waals surface area contributed by atoms with Gasteiger partial charge in [0.15, 0.2) is 0 Å². The number of carbonyl (C=O) groups is 2. The van der Waals surface area contributed by atoms with Crippen LogP contribution in [0.1, 0.15) is 76.3 Å². The first-order valence-corrected chi connectivity index (χ1v) is 14.1. The Morgan fingerprint density at radius 2 is 1.44 bits per heavy atom. The first kappa shape index (κ1) is 30.4. The van der Waals surface area contributed by atoms with Crippen molar-refractivity contribution >= 4 is 18.0 Å². The number of ether oxygens (including phenoxy) is 1. The number of aromatic hydroxyl groups is 1. The number of nitrogens with zero attached hydrogens (tertiary/aromatic N) is 2. The molecule has 0 atom stereocenters. The minimum absolute atomic E-state index is 0.0227. The molecule has 1 aliphatic heterocycles. The van der Waals surface area contributed by atoms with E-state index < -0.39 is 0 Å². The first-order valence-electron chi connectivity index (χ1n) is 14.1. The molecule has 2 aromatic carbocycles. The van der Waals surface area contributed by atoms with Gasteiger partial charge >= 0.3 is 5.97 Å². The molecule has 1 N–H and O–H groups in total. The van der Waals surface area contributed by atoms with Crippen LogP contribution in [-0.2, 0) is 38.0 Å². The molecule has 0 aliphatic carbocycles. The Kier molecular flexibility index (Phi) is 10.0. The van der Waals surface area contributed by atoms with Crippen molar-refractivity contribution in [3.05, 3.63) is 70.3 Å². The lowest BCUT2D eigenvalue weighted by Gasteiger charge is -2.34. The fourth-order valence-corrected chi connectivity index (χ4v) is 4.85. The van der Waals surface area contributed by atoms with Gasteiger partial charge in [0.25, 0.3) is 0 Å². The second-order valence-corrected chi connectivity index (χ2v) is 12.5. The van der Waals surface area contributed by atoms with Crippen LogP contribution in [0.4, 0.5) is 0 Å². The fraction of sp³-hybridized carbons (Fsp3) is 0.515. The van der Waals surface area contributed by atoms with Crippen molar-refractivity contribution in [2.45, 2.75) is 72.1 Å². The number of esters is 1. The zero-order chi connectivity index (χ0) is 28.8. The molecule has 1 heterocycles. The number of rotatable bonds is 8. The molecule has 39 heavy (non-hydrogen) atoms. The average Bonchev–Trinajstić information content (AvgIpc) is 2.86. The summed E-state index contributed by atoms with van der Waals surface area (Å²) < 4.78 is 5.02. The van der Waals surface area contributed by atoms with Crippen LogP contribution in [0, 0.1) is 0 Å². The third-order valence-electron chi connectivity index (χ3n) is 7.24. The van der Waals surface area contributed by atoms with Crippen LogP contribution in [-0.4, -0.2) is 66.1 Å². The van der Waals surface area contributed by atoms with Crippen molar-refractivity contribution < 1.29 is 19.4 Å². The normalized spacial score (nSPS) is 15.1. The molecule has 1 aliphatic rings. The van der Waals surface area contributed by atoms with Crippen LogP contribution in [0.25, 0.3) is 6.08 Å². The molecular formula is C33H46N2O4. The smallest absolute Gasteiger partial charge is 0.310 e. The number of phenolic OH excluding ortho intramolecular Hbond substituents is 1. The summed E-state index contributed by atoms with van der Waals surface area (Å²) in [6.45, 7) is 18.8. The maximum atomic E-state index is 13.0. The number of amides is 1. The molecule has 0 spiro atoms. The second kappa shape index (κ2) is 12.8. The lowest BCUT2D eigenvalue weighted by Crippen LogP contribution is -2.48. The van der Waals surface area contributed by atoms with Crippen molar-refractivity contribution in [1.29, 1.82) is 0 Å². The molecule has 1 fully saturated rings. The maximum Gasteiger partial charge on any atom is 0.310 e. The van der Waals surface area contributed by atoms with Crippen molar-refractivity contribution in [1.82, 2.24) is 9.80 Å². The van der Waals surface area contributed by atoms with E-state index in [-0.39, 0.29) is 22.7 Å². The predicted octanol–water partition coefficient (Wildman–Crippen LogP) is 5.49. The van der Waals surface area contributed by atoms with Gasteiger partial charge in [0, 0.05) is 49.9 Å². The van der Waals surface area contributed by atoms with Crippen molar-refractivity contribution in [2.75, 3.05) is 39.3 Å². The molecule has 6 nitrogen and oxygen atoms in total. The Labute approximate surface area is 234 Å². The highest BCUT2D eigenvalue weighted by Gasteiger charge is 2.26. The summed E-state index contributed by atoms with van der Waals surface area (Å²) in [5.74, 6) is 0.177. The summed E-state index contributed by atoms with van der Waals surface area (Å²) in [5.41, 5.74) is 4.50. The Morgan fingerprint density at radius 1 is 0.897 bits per heavy atom. The minimum Gasteiger partial charge on any atom is -0.507 e. The molecular weight excluding hydrogens is 488 g/mol. The Morgan fingerprint density at radius 3 is 1.95 bits per heavy atom. The van der Waals surface area contributed by atoms with E-state index in [2.05, 4.69) is 58.6 Å². The van der Waals surface area contributed by atoms with Gasteiger partial charge in [0.2, 0.25) is 5.91 Å². The monoisotopic (exact) mass is 534 g/mol. The lowest BCUT2D eigenvalue weighted by atomic mass is 9.78. The predicted molar refractivity (Wildman–Crippen MR) is 158 cm³/mol. The van der Waals surface area contributed by atoms with Crippen LogP contribution in [0.15, 0.2) is 42.5 Å². The molecule has 3 rings (SSSR count). The first-order chi connectivity index (χ1) is 18.3. The molecule has 0 unspecified atom stereocenters. The number of hydrogen-bond acceptors (Lipinski definition) is 5. The van der Waals surface area contributed by atoms with E-state index in [1.54, 1.807) is 6.08 Å². The quantitative estimate of drug-likeness (QED) is 0.358. The second-order valence-electron chi connectivity index (χ2n) is 12.5. The van der Waals surface area contributed by atoms with Crippen LogP contribution >= 0.6 is 0 Å². The molecule has 0 radical (unpaired) electrons. The van der Waals surface area contributed by atoms with E-state index in [0.717, 1.165) is 48.3 Å². The van der Waals surface area contributed by atoms with Gasteiger partial charge in [-0.05, 0) is 59.1 Å². The van der Waals surface area contributed by atoms with E-state index in [1.807, 2.05) is 42.2 Å². The number of benzene rings is 2. The summed E-state index contributed by atoms with van der Waals surface area (Å²) in [4.78, 5) is 28.9. The number of piperazine rings is 1. The Hall–Kier alpha value is -3.12. The van der Waals surface area contributed by atoms with Crippen molar-refractivity contribution in [3.63, 3.8) is 0 Å². The van der Waals surface area contributed by atoms with E-state index in [4.69, 9.17) is 4.74 Å². The number of phenols is 1. The Bertz CT molecular complexity index is 1130. The zero-order valence-electron chi connectivity index (χ0n) is 24.8. The lowest BCUT2D eigenvalue weighted by molar-refractivity contribution is -0.142. The summed E-state index contributed by atoms with van der Waals surface area (Å²) in [7, 11) is 0. The van der Waals surface area contributed by atoms with Crippen LogP contribution < -0.4 is 0 Å². The third-order valence-corrected chi connectivity index (χ3v) is 7.24. The van der Waals surface area contributed by atoms with Gasteiger partial charge < -0.3 is 14.7 Å². The van der Waals surface area contributed by atoms with Gasteiger partial charge in [-0.1, -0.05) is 65.8 Å². The minimum atomic E-state index is -0.209. The summed E-state index contributed by atoms with van der Waals surface area (Å²) in [5, 5.41) is 10.9. The molecule has 6 heteroatoms. The topological polar surface area (TPSA) is 70.1 Å². The van der Waals surface area contributed by atoms with Gasteiger partial charge in [0.1, 0.15) is 5.75 Å². The van der Waals surface area contributed by atoms with E-state index in [9.17, 15) is 14.7 Å². The van der Waals surface area contributed by atoms with Crippen LogP contribution in [0.2, 0.25) is 0 Å². The number of carbonyl (C=O) groups excluding carboxylic acids is 2. The largest absolute Gasteiger partial charge is 0.507 e. The van der Waals surface area contributed by atoms with Gasteiger partial charge in [-0.3, -0.25) is 14.5 Å². The summed E-state index contributed by atoms with van der Waals surface area (Å²) >= 11 is 0. The molecule has 2 aromatic rings. The van der Waals surface area contributed by atoms with Gasteiger partial charge in [-0.15, -0.1) is 0 Å². The maximum absolute atomic E-state index is 13.0. The van der Waals surface area contributed by atoms with Crippen molar-refractivity contribution in [2.24, 2.45) is 0 Å². The molecule has 0 bridgehead atoms. The Balaban J connectivity index is 1.54. The highest BCUT2D eigenvalue weighted by molar-refractivity contribution is 5.92. The standard InChI is InChI=1S/C33H46N2O4/c1-8-39-30(37)23-25-11-9-24(10-12-25)15-16-34-17-19-35(20-18-34)29(36)14-13-26-21-27(32(2,3)4)31(38)28(22-26)33(5,6)7/h9-14,21-22,38H,8,15-20,23H2,1-7H3/b14-13+. The SMILES string of the molecule is CCOC(=O)Cc1ccc(CCN2CCN(C(=O)/C=C/c3cc(C(C)(C)C)c(O)c(C(C)(C)C)c3)CC2)cc1. The molecule has 0 saturated carbocycles. The molecule has 0 aromatic heterocycles. The van der Waals surface area contributed by atoms with Crippen LogP contribution in [0.5, 0.6) is 5.75 Å². The van der Waals surface area contributed by atoms with E-state index in [1.165, 1.54) is 5.56 Å². The molecule has 1 amide bonds. The fourth-order valence-electron chi connectivity index (χ4n) is 4.85. The van der Waals surface area contributed by atoms with Gasteiger partial charge in [-0.25, -0.2) is 0 Å². The highest BCUT2D eigenvalue weighted by Crippen LogP contribution is 2.40. The van der Waals surface area contributed by atoms with E-state index >= 15 is 0 Å². The van der Waals surface area contributed by atoms with Gasteiger partial charge in [0.05, 0.1) is 13.0 Å². The van der Waals surface area contributed by atoms with Crippen LogP contribution in [0.3, 0.4) is 0 Å². The summed E-state index contributed by atoms with van der Waals surface area (Å²) in [6, 6.07) is 12.2. The summed E-state index contributed by atoms with van der Waals surface area (Å²) in [6.07, 6.45) is 4.78. The molecule has 212 valence electrons. The average molecular weight is 535 g/mol. The molecule has 1 saturated heterocycles. The third kappa shape index (κ3) is 8.69.